The van der Waals surface area contributed by atoms with E-state index < -0.39 is 5.97 Å². The summed E-state index contributed by atoms with van der Waals surface area (Å²) in [4.78, 5) is 12.5. The van der Waals surface area contributed by atoms with Gasteiger partial charge in [-0.05, 0) is 24.3 Å². The Balaban J connectivity index is 2.73. The highest BCUT2D eigenvalue weighted by Gasteiger charge is 2.08. The normalized spacial score (nSPS) is 9.56. The molecule has 0 saturated heterocycles. The van der Waals surface area contributed by atoms with E-state index in [0.29, 0.717) is 19.5 Å². The number of hydrogen-bond acceptors (Lipinski definition) is 4. The molecule has 0 fully saturated rings. The lowest BCUT2D eigenvalue weighted by atomic mass is 10.2. The molecule has 1 rings (SSSR count). The van der Waals surface area contributed by atoms with Crippen molar-refractivity contribution < 1.29 is 14.6 Å². The Morgan fingerprint density at radius 1 is 1.39 bits per heavy atom. The summed E-state index contributed by atoms with van der Waals surface area (Å²) in [6.07, 6.45) is 0.420. The van der Waals surface area contributed by atoms with Gasteiger partial charge in [-0.3, -0.25) is 4.79 Å². The topological polar surface area (TPSA) is 73.6 Å². The number of hydrogen-bond donors (Lipinski definition) is 1. The van der Waals surface area contributed by atoms with Gasteiger partial charge in [0.05, 0.1) is 26.0 Å². The van der Waals surface area contributed by atoms with E-state index in [4.69, 9.17) is 15.1 Å². The van der Waals surface area contributed by atoms with Gasteiger partial charge in [0.15, 0.2) is 0 Å². The molecule has 0 bridgehead atoms. The van der Waals surface area contributed by atoms with Gasteiger partial charge in [-0.1, -0.05) is 0 Å². The molecule has 0 aliphatic heterocycles. The van der Waals surface area contributed by atoms with E-state index in [2.05, 4.69) is 6.07 Å². The summed E-state index contributed by atoms with van der Waals surface area (Å²) >= 11 is 0. The number of benzene rings is 1. The molecule has 1 aromatic carbocycles. The van der Waals surface area contributed by atoms with Crippen molar-refractivity contribution >= 4 is 11.7 Å². The maximum absolute atomic E-state index is 10.6. The Bertz CT molecular complexity index is 423. The van der Waals surface area contributed by atoms with Crippen LogP contribution in [0, 0.1) is 11.3 Å². The first-order valence-corrected chi connectivity index (χ1v) is 5.65. The van der Waals surface area contributed by atoms with E-state index >= 15 is 0 Å². The summed E-state index contributed by atoms with van der Waals surface area (Å²) in [5, 5.41) is 17.3. The minimum Gasteiger partial charge on any atom is -0.497 e. The number of ether oxygens (including phenoxy) is 1. The molecule has 1 aromatic rings. The second kappa shape index (κ2) is 7.17. The Labute approximate surface area is 106 Å². The lowest BCUT2D eigenvalue weighted by Gasteiger charge is -2.23. The van der Waals surface area contributed by atoms with Gasteiger partial charge in [-0.2, -0.15) is 5.26 Å². The summed E-state index contributed by atoms with van der Waals surface area (Å²) in [7, 11) is 1.59. The number of aliphatic carboxylic acids is 1. The summed E-state index contributed by atoms with van der Waals surface area (Å²) in [5.74, 6) is -0.0947. The fourth-order valence-corrected chi connectivity index (χ4v) is 1.58. The minimum absolute atomic E-state index is 0.0530. The molecule has 0 atom stereocenters. The number of nitrogens with zero attached hydrogens (tertiary/aromatic N) is 2. The number of anilines is 1. The van der Waals surface area contributed by atoms with E-state index in [1.807, 2.05) is 29.2 Å². The maximum atomic E-state index is 10.6. The molecule has 0 amide bonds. The van der Waals surface area contributed by atoms with Crippen LogP contribution in [0.15, 0.2) is 24.3 Å². The predicted octanol–water partition coefficient (Wildman–Crippen LogP) is 1.89. The number of methoxy groups -OCH3 is 1. The van der Waals surface area contributed by atoms with Crippen LogP contribution in [-0.2, 0) is 4.79 Å². The van der Waals surface area contributed by atoms with E-state index in [1.54, 1.807) is 7.11 Å². The zero-order chi connectivity index (χ0) is 13.4. The zero-order valence-corrected chi connectivity index (χ0v) is 10.3. The van der Waals surface area contributed by atoms with E-state index in [1.165, 1.54) is 0 Å². The largest absolute Gasteiger partial charge is 0.497 e. The van der Waals surface area contributed by atoms with E-state index in [9.17, 15) is 4.79 Å². The van der Waals surface area contributed by atoms with Crippen LogP contribution in [0.3, 0.4) is 0 Å². The molecule has 0 aliphatic rings. The number of carboxylic acid groups (broad SMARTS) is 1. The van der Waals surface area contributed by atoms with Crippen molar-refractivity contribution in [1.29, 1.82) is 5.26 Å². The molecular weight excluding hydrogens is 232 g/mol. The van der Waals surface area contributed by atoms with Gasteiger partial charge in [0.1, 0.15) is 5.75 Å². The monoisotopic (exact) mass is 248 g/mol. The van der Waals surface area contributed by atoms with Gasteiger partial charge in [0, 0.05) is 18.8 Å². The molecule has 1 N–H and O–H groups in total. The van der Waals surface area contributed by atoms with Crippen LogP contribution < -0.4 is 9.64 Å². The molecule has 0 unspecified atom stereocenters. The highest BCUT2D eigenvalue weighted by Crippen LogP contribution is 2.19. The molecule has 96 valence electrons. The molecule has 0 radical (unpaired) electrons. The van der Waals surface area contributed by atoms with Gasteiger partial charge >= 0.3 is 5.97 Å². The number of nitriles is 1. The maximum Gasteiger partial charge on any atom is 0.305 e. The summed E-state index contributed by atoms with van der Waals surface area (Å²) in [6.45, 7) is 0.916. The standard InChI is InChI=1S/C13H16N2O3/c1-18-12-5-3-11(4-6-12)15(9-2-8-14)10-7-13(16)17/h3-6H,2,7,9-10H2,1H3,(H,16,17). The van der Waals surface area contributed by atoms with Crippen molar-refractivity contribution in [3.8, 4) is 11.8 Å². The molecule has 0 heterocycles. The van der Waals surface area contributed by atoms with E-state index in [-0.39, 0.29) is 6.42 Å². The first-order valence-electron chi connectivity index (χ1n) is 5.65. The number of rotatable bonds is 7. The average molecular weight is 248 g/mol. The van der Waals surface area contributed by atoms with Crippen molar-refractivity contribution in [3.05, 3.63) is 24.3 Å². The van der Waals surface area contributed by atoms with Crippen LogP contribution in [0.25, 0.3) is 0 Å². The van der Waals surface area contributed by atoms with Crippen molar-refractivity contribution in [2.24, 2.45) is 0 Å². The molecule has 0 spiro atoms. The van der Waals surface area contributed by atoms with Crippen molar-refractivity contribution in [2.45, 2.75) is 12.8 Å². The van der Waals surface area contributed by atoms with Crippen LogP contribution >= 0.6 is 0 Å². The first-order chi connectivity index (χ1) is 8.67. The Morgan fingerprint density at radius 3 is 2.56 bits per heavy atom. The van der Waals surface area contributed by atoms with Crippen LogP contribution in [0.5, 0.6) is 5.75 Å². The van der Waals surface area contributed by atoms with E-state index in [0.717, 1.165) is 11.4 Å². The molecule has 5 heteroatoms. The SMILES string of the molecule is COc1ccc(N(CCC#N)CCC(=O)O)cc1. The van der Waals surface area contributed by atoms with Crippen LogP contribution in [0.2, 0.25) is 0 Å². The smallest absolute Gasteiger partial charge is 0.305 e. The predicted molar refractivity (Wildman–Crippen MR) is 67.7 cm³/mol. The van der Waals surface area contributed by atoms with Crippen molar-refractivity contribution in [1.82, 2.24) is 0 Å². The van der Waals surface area contributed by atoms with Gasteiger partial charge in [-0.25, -0.2) is 0 Å². The summed E-state index contributed by atoms with van der Waals surface area (Å²) < 4.78 is 5.06. The highest BCUT2D eigenvalue weighted by molar-refractivity contribution is 5.67. The average Bonchev–Trinajstić information content (AvgIpc) is 2.39. The molecule has 0 aromatic heterocycles. The lowest BCUT2D eigenvalue weighted by Crippen LogP contribution is -2.27. The molecule has 0 saturated carbocycles. The van der Waals surface area contributed by atoms with Gasteiger partial charge in [-0.15, -0.1) is 0 Å². The summed E-state index contributed by atoms with van der Waals surface area (Å²) in [5.41, 5.74) is 0.896. The third-order valence-corrected chi connectivity index (χ3v) is 2.53. The number of carbonyl (C=O) groups is 1. The second-order valence-electron chi connectivity index (χ2n) is 3.74. The van der Waals surface area contributed by atoms with Crippen molar-refractivity contribution in [2.75, 3.05) is 25.1 Å². The molecule has 5 nitrogen and oxygen atoms in total. The Kier molecular flexibility index (Phi) is 5.52. The quantitative estimate of drug-likeness (QED) is 0.797. The number of carboxylic acids is 1. The lowest BCUT2D eigenvalue weighted by molar-refractivity contribution is -0.136. The molecule has 0 aliphatic carbocycles. The van der Waals surface area contributed by atoms with Gasteiger partial charge < -0.3 is 14.7 Å². The third-order valence-electron chi connectivity index (χ3n) is 2.53. The van der Waals surface area contributed by atoms with Crippen LogP contribution in [-0.4, -0.2) is 31.3 Å². The third kappa shape index (κ3) is 4.34. The fourth-order valence-electron chi connectivity index (χ4n) is 1.58. The van der Waals surface area contributed by atoms with Crippen molar-refractivity contribution in [3.63, 3.8) is 0 Å². The molecule has 18 heavy (non-hydrogen) atoms. The second-order valence-corrected chi connectivity index (χ2v) is 3.74. The Hall–Kier alpha value is -2.22. The van der Waals surface area contributed by atoms with Crippen LogP contribution in [0.4, 0.5) is 5.69 Å². The highest BCUT2D eigenvalue weighted by atomic mass is 16.5. The van der Waals surface area contributed by atoms with Crippen LogP contribution in [0.1, 0.15) is 12.8 Å². The minimum atomic E-state index is -0.842. The zero-order valence-electron chi connectivity index (χ0n) is 10.3. The summed E-state index contributed by atoms with van der Waals surface area (Å²) in [6, 6.07) is 9.41. The van der Waals surface area contributed by atoms with Gasteiger partial charge in [0.2, 0.25) is 0 Å². The Morgan fingerprint density at radius 2 is 2.06 bits per heavy atom. The first kappa shape index (κ1) is 13.8. The fraction of sp³-hybridized carbons (Fsp3) is 0.385. The molecular formula is C13H16N2O3. The van der Waals surface area contributed by atoms with Gasteiger partial charge in [0.25, 0.3) is 0 Å².